The molecule has 2 N–H and O–H groups in total. The molecule has 0 spiro atoms. The van der Waals surface area contributed by atoms with Gasteiger partial charge >= 0.3 is 0 Å². The van der Waals surface area contributed by atoms with Crippen LogP contribution in [0, 0.1) is 11.8 Å². The summed E-state index contributed by atoms with van der Waals surface area (Å²) in [4.78, 5) is 0.240. The van der Waals surface area contributed by atoms with Crippen LogP contribution < -0.4 is 0 Å². The quantitative estimate of drug-likeness (QED) is 0.183. The highest BCUT2D eigenvalue weighted by Gasteiger charge is 2.49. The molecule has 3 heterocycles. The minimum Gasteiger partial charge on any atom is -0.394 e. The summed E-state index contributed by atoms with van der Waals surface area (Å²) in [7, 11) is -2.14. The van der Waals surface area contributed by atoms with Crippen LogP contribution in [0.5, 0.6) is 0 Å². The van der Waals surface area contributed by atoms with Crippen LogP contribution in [0.2, 0.25) is 0 Å². The van der Waals surface area contributed by atoms with Crippen LogP contribution >= 0.6 is 0 Å². The number of ether oxygens (including phenoxy) is 5. The van der Waals surface area contributed by atoms with Crippen molar-refractivity contribution < 1.29 is 42.3 Å². The molecule has 1 aromatic carbocycles. The molecule has 256 valence electrons. The number of aliphatic hydroxyl groups is 2. The fourth-order valence-electron chi connectivity index (χ4n) is 6.90. The second kappa shape index (κ2) is 17.3. The standard InChI is InChI=1S/C36H52O9S/c1-6-16-42-17-10-11-28-19-25(3)32(43-28)15-14-29-18-24(2)26(4)33(44-29)21-34-31(23-46(39,40)30-12-8-7-9-13-30)36(41-5)35(45-34)20-27(38)22-37/h6-13,24,27-29,31-38H,1,3-4,14-23H2,2,5H3/b11-10+/t24-,27?,28+,29+,31?,32+,33-,34+,35-,36-/m1/s1. The second-order valence-electron chi connectivity index (χ2n) is 12.8. The zero-order valence-corrected chi connectivity index (χ0v) is 28.1. The lowest BCUT2D eigenvalue weighted by Gasteiger charge is -2.38. The van der Waals surface area contributed by atoms with Gasteiger partial charge in [-0.2, -0.15) is 0 Å². The monoisotopic (exact) mass is 660 g/mol. The molecule has 0 aromatic heterocycles. The summed E-state index contributed by atoms with van der Waals surface area (Å²) in [6, 6.07) is 8.37. The largest absolute Gasteiger partial charge is 0.394 e. The summed E-state index contributed by atoms with van der Waals surface area (Å²) in [5, 5.41) is 19.7. The van der Waals surface area contributed by atoms with Gasteiger partial charge in [-0.1, -0.05) is 56.5 Å². The van der Waals surface area contributed by atoms with E-state index in [-0.39, 0.29) is 47.4 Å². The van der Waals surface area contributed by atoms with Gasteiger partial charge in [0.05, 0.1) is 79.3 Å². The van der Waals surface area contributed by atoms with Gasteiger partial charge in [-0.05, 0) is 48.5 Å². The van der Waals surface area contributed by atoms with Crippen molar-refractivity contribution in [2.75, 3.05) is 32.7 Å². The van der Waals surface area contributed by atoms with Crippen LogP contribution in [0.3, 0.4) is 0 Å². The van der Waals surface area contributed by atoms with E-state index >= 15 is 0 Å². The van der Waals surface area contributed by atoms with Gasteiger partial charge in [0.1, 0.15) is 0 Å². The Hall–Kier alpha value is -2.15. The Kier molecular flexibility index (Phi) is 13.8. The van der Waals surface area contributed by atoms with Crippen molar-refractivity contribution in [3.05, 3.63) is 79.4 Å². The van der Waals surface area contributed by atoms with Crippen molar-refractivity contribution in [3.63, 3.8) is 0 Å². The van der Waals surface area contributed by atoms with E-state index in [9.17, 15) is 18.6 Å². The average molecular weight is 661 g/mol. The fraction of sp³-hybridized carbons (Fsp3) is 0.611. The van der Waals surface area contributed by atoms with Crippen molar-refractivity contribution in [2.45, 2.75) is 99.2 Å². The lowest BCUT2D eigenvalue weighted by Crippen LogP contribution is -2.40. The number of methoxy groups -OCH3 is 1. The molecule has 2 unspecified atom stereocenters. The van der Waals surface area contributed by atoms with Crippen LogP contribution in [-0.4, -0.2) is 100 Å². The molecule has 0 saturated carbocycles. The van der Waals surface area contributed by atoms with Crippen LogP contribution in [0.1, 0.15) is 45.4 Å². The maximum atomic E-state index is 13.5. The second-order valence-corrected chi connectivity index (χ2v) is 14.8. The van der Waals surface area contributed by atoms with Crippen molar-refractivity contribution >= 4 is 9.84 Å². The SMILES string of the molecule is C=CCOC/C=C/[C@H]1CC(=C)[C@H](CC[C@H]2C[C@@H](C)C(=C)[C@@H](C[C@@H]3O[C@H](CC(O)CO)[C@H](OC)C3CS(=O)(=O)c3ccccc3)O2)O1. The molecule has 3 saturated heterocycles. The van der Waals surface area contributed by atoms with E-state index < -0.39 is 46.8 Å². The smallest absolute Gasteiger partial charge is 0.178 e. The maximum Gasteiger partial charge on any atom is 0.178 e. The molecule has 0 aliphatic carbocycles. The zero-order valence-electron chi connectivity index (χ0n) is 27.2. The van der Waals surface area contributed by atoms with Gasteiger partial charge in [0, 0.05) is 32.3 Å². The molecule has 3 fully saturated rings. The van der Waals surface area contributed by atoms with Crippen molar-refractivity contribution in [2.24, 2.45) is 11.8 Å². The van der Waals surface area contributed by atoms with Crippen molar-refractivity contribution in [3.8, 4) is 0 Å². The van der Waals surface area contributed by atoms with Gasteiger partial charge < -0.3 is 33.9 Å². The highest BCUT2D eigenvalue weighted by atomic mass is 32.2. The Morgan fingerprint density at radius 2 is 1.83 bits per heavy atom. The molecule has 0 bridgehead atoms. The third-order valence-electron chi connectivity index (χ3n) is 9.39. The summed E-state index contributed by atoms with van der Waals surface area (Å²) < 4.78 is 57.6. The predicted octanol–water partition coefficient (Wildman–Crippen LogP) is 4.59. The molecular formula is C36H52O9S. The molecule has 10 atom stereocenters. The number of hydrogen-bond acceptors (Lipinski definition) is 9. The first kappa shape index (κ1) is 36.7. The molecule has 4 rings (SSSR count). The third kappa shape index (κ3) is 9.70. The number of aliphatic hydroxyl groups excluding tert-OH is 2. The third-order valence-corrected chi connectivity index (χ3v) is 11.2. The Morgan fingerprint density at radius 3 is 2.52 bits per heavy atom. The molecule has 1 aromatic rings. The molecular weight excluding hydrogens is 608 g/mol. The van der Waals surface area contributed by atoms with Crippen molar-refractivity contribution in [1.29, 1.82) is 0 Å². The van der Waals surface area contributed by atoms with E-state index in [1.807, 2.05) is 12.2 Å². The molecule has 3 aliphatic heterocycles. The van der Waals surface area contributed by atoms with Crippen LogP contribution in [0.25, 0.3) is 0 Å². The Morgan fingerprint density at radius 1 is 1.07 bits per heavy atom. The predicted molar refractivity (Wildman–Crippen MR) is 177 cm³/mol. The molecule has 10 heteroatoms. The minimum atomic E-state index is -3.66. The Labute approximate surface area is 274 Å². The number of hydrogen-bond donors (Lipinski definition) is 2. The number of sulfone groups is 1. The van der Waals surface area contributed by atoms with Gasteiger partial charge in [0.2, 0.25) is 0 Å². The minimum absolute atomic E-state index is 0.0156. The van der Waals surface area contributed by atoms with E-state index in [0.717, 1.165) is 36.8 Å². The van der Waals surface area contributed by atoms with Gasteiger partial charge in [-0.15, -0.1) is 6.58 Å². The van der Waals surface area contributed by atoms with E-state index in [2.05, 4.69) is 26.7 Å². The summed E-state index contributed by atoms with van der Waals surface area (Å²) in [6.45, 7) is 15.0. The lowest BCUT2D eigenvalue weighted by atomic mass is 9.83. The van der Waals surface area contributed by atoms with Crippen LogP contribution in [0.15, 0.2) is 84.3 Å². The molecule has 0 radical (unpaired) electrons. The van der Waals surface area contributed by atoms with E-state index in [0.29, 0.717) is 19.6 Å². The van der Waals surface area contributed by atoms with Crippen LogP contribution in [0.4, 0.5) is 0 Å². The first-order valence-electron chi connectivity index (χ1n) is 16.3. The van der Waals surface area contributed by atoms with Crippen molar-refractivity contribution in [1.82, 2.24) is 0 Å². The Bertz CT molecular complexity index is 1280. The average Bonchev–Trinajstić information content (AvgIpc) is 3.55. The summed E-state index contributed by atoms with van der Waals surface area (Å²) in [5.41, 5.74) is 2.04. The van der Waals surface area contributed by atoms with E-state index in [1.165, 1.54) is 7.11 Å². The molecule has 46 heavy (non-hydrogen) atoms. The van der Waals surface area contributed by atoms with Gasteiger partial charge in [-0.3, -0.25) is 0 Å². The highest BCUT2D eigenvalue weighted by molar-refractivity contribution is 7.91. The molecule has 9 nitrogen and oxygen atoms in total. The van der Waals surface area contributed by atoms with E-state index in [4.69, 9.17) is 23.7 Å². The summed E-state index contributed by atoms with van der Waals surface area (Å²) in [6.07, 6.45) is 6.34. The summed E-state index contributed by atoms with van der Waals surface area (Å²) >= 11 is 0. The van der Waals surface area contributed by atoms with Gasteiger partial charge in [0.15, 0.2) is 9.84 Å². The van der Waals surface area contributed by atoms with E-state index in [1.54, 1.807) is 36.4 Å². The first-order valence-corrected chi connectivity index (χ1v) is 18.0. The van der Waals surface area contributed by atoms with Gasteiger partial charge in [-0.25, -0.2) is 8.42 Å². The normalized spacial score (nSPS) is 32.7. The fourth-order valence-corrected chi connectivity index (χ4v) is 8.57. The Balaban J connectivity index is 1.42. The van der Waals surface area contributed by atoms with Gasteiger partial charge in [0.25, 0.3) is 0 Å². The lowest BCUT2D eigenvalue weighted by molar-refractivity contribution is -0.0785. The topological polar surface area (TPSA) is 121 Å². The molecule has 0 amide bonds. The molecule has 3 aliphatic rings. The number of rotatable bonds is 17. The summed E-state index contributed by atoms with van der Waals surface area (Å²) in [5.74, 6) is -0.484. The highest BCUT2D eigenvalue weighted by Crippen LogP contribution is 2.41. The maximum absolute atomic E-state index is 13.5. The zero-order chi connectivity index (χ0) is 33.3. The van der Waals surface area contributed by atoms with Crippen LogP contribution in [-0.2, 0) is 33.5 Å². The number of benzene rings is 1. The first-order chi connectivity index (χ1) is 22.1.